The number of hydrogen-bond acceptors (Lipinski definition) is 4. The molecular weight excluding hydrogens is 417 g/mol. The van der Waals surface area contributed by atoms with Gasteiger partial charge in [0.25, 0.3) is 0 Å². The molecule has 3 aromatic rings. The van der Waals surface area contributed by atoms with E-state index in [1.807, 2.05) is 42.5 Å². The normalized spacial score (nSPS) is 12.7. The van der Waals surface area contributed by atoms with Gasteiger partial charge < -0.3 is 20.3 Å². The zero-order valence-corrected chi connectivity index (χ0v) is 18.5. The van der Waals surface area contributed by atoms with Gasteiger partial charge in [-0.1, -0.05) is 36.4 Å². The Morgan fingerprint density at radius 2 is 1.85 bits per heavy atom. The first-order valence-corrected chi connectivity index (χ1v) is 11.3. The maximum absolute atomic E-state index is 14.3. The van der Waals surface area contributed by atoms with Gasteiger partial charge in [-0.05, 0) is 66.3 Å². The number of anilines is 3. The van der Waals surface area contributed by atoms with Crippen LogP contribution < -0.4 is 15.5 Å². The molecule has 0 spiro atoms. The number of benzene rings is 3. The van der Waals surface area contributed by atoms with Crippen LogP contribution in [0.5, 0.6) is 0 Å². The highest BCUT2D eigenvalue weighted by Gasteiger charge is 2.21. The molecule has 0 aromatic heterocycles. The summed E-state index contributed by atoms with van der Waals surface area (Å²) in [5.41, 5.74) is 5.50. The number of hydrogen-bond donors (Lipinski definition) is 2. The number of carbonyl (C=O) groups is 2. The van der Waals surface area contributed by atoms with Crippen LogP contribution in [-0.4, -0.2) is 25.3 Å². The first-order chi connectivity index (χ1) is 16.1. The molecular formula is C27H28FN3O2. The Kier molecular flexibility index (Phi) is 7.35. The lowest BCUT2D eigenvalue weighted by Gasteiger charge is -2.32. The molecule has 5 nitrogen and oxygen atoms in total. The van der Waals surface area contributed by atoms with Crippen molar-refractivity contribution in [2.45, 2.75) is 32.2 Å². The first-order valence-electron chi connectivity index (χ1n) is 11.3. The van der Waals surface area contributed by atoms with Crippen LogP contribution in [0.25, 0.3) is 0 Å². The van der Waals surface area contributed by atoms with E-state index < -0.39 is 0 Å². The van der Waals surface area contributed by atoms with E-state index in [0.29, 0.717) is 37.2 Å². The Morgan fingerprint density at radius 1 is 1.00 bits per heavy atom. The number of para-hydroxylation sites is 1. The number of carbonyl (C=O) groups excluding carboxylic acids is 2. The summed E-state index contributed by atoms with van der Waals surface area (Å²) in [6.07, 6.45) is 3.46. The zero-order valence-electron chi connectivity index (χ0n) is 18.5. The number of aldehydes is 1. The monoisotopic (exact) mass is 445 g/mol. The summed E-state index contributed by atoms with van der Waals surface area (Å²) in [5.74, 6) is -0.338. The highest BCUT2D eigenvalue weighted by Crippen LogP contribution is 2.30. The number of nitrogens with one attached hydrogen (secondary N) is 2. The second-order valence-corrected chi connectivity index (χ2v) is 8.22. The molecule has 3 aromatic carbocycles. The van der Waals surface area contributed by atoms with Gasteiger partial charge in [0.2, 0.25) is 5.91 Å². The molecule has 0 unspecified atom stereocenters. The summed E-state index contributed by atoms with van der Waals surface area (Å²) in [5, 5.41) is 6.27. The minimum absolute atomic E-state index is 0.0391. The van der Waals surface area contributed by atoms with Crippen LogP contribution >= 0.6 is 0 Å². The van der Waals surface area contributed by atoms with Crippen molar-refractivity contribution in [2.24, 2.45) is 0 Å². The third-order valence-electron chi connectivity index (χ3n) is 5.90. The first kappa shape index (κ1) is 22.5. The predicted molar refractivity (Wildman–Crippen MR) is 130 cm³/mol. The smallest absolute Gasteiger partial charge is 0.243 e. The van der Waals surface area contributed by atoms with Crippen LogP contribution in [0.1, 0.15) is 29.5 Å². The van der Waals surface area contributed by atoms with E-state index in [9.17, 15) is 14.0 Å². The second-order valence-electron chi connectivity index (χ2n) is 8.22. The maximum Gasteiger partial charge on any atom is 0.243 e. The van der Waals surface area contributed by atoms with Crippen molar-refractivity contribution >= 4 is 29.3 Å². The SMILES string of the molecule is O=CCCc1ccc(NCc2cccc3c2CCCN3CC(=O)Nc2ccccc2)cc1F. The molecule has 0 bridgehead atoms. The van der Waals surface area contributed by atoms with Gasteiger partial charge in [-0.3, -0.25) is 4.79 Å². The Bertz CT molecular complexity index is 1120. The summed E-state index contributed by atoms with van der Waals surface area (Å²) < 4.78 is 14.3. The molecule has 0 fully saturated rings. The molecule has 1 aliphatic rings. The number of amides is 1. The molecule has 1 heterocycles. The summed E-state index contributed by atoms with van der Waals surface area (Å²) in [7, 11) is 0. The van der Waals surface area contributed by atoms with Gasteiger partial charge in [-0.15, -0.1) is 0 Å². The largest absolute Gasteiger partial charge is 0.381 e. The summed E-state index contributed by atoms with van der Waals surface area (Å²) in [4.78, 5) is 25.3. The average molecular weight is 446 g/mol. The summed E-state index contributed by atoms with van der Waals surface area (Å²) in [6.45, 7) is 1.70. The van der Waals surface area contributed by atoms with Crippen molar-refractivity contribution < 1.29 is 14.0 Å². The number of aryl methyl sites for hydroxylation is 1. The van der Waals surface area contributed by atoms with Gasteiger partial charge in [-0.2, -0.15) is 0 Å². The van der Waals surface area contributed by atoms with Crippen LogP contribution in [0, 0.1) is 5.82 Å². The molecule has 1 amide bonds. The highest BCUT2D eigenvalue weighted by atomic mass is 19.1. The minimum Gasteiger partial charge on any atom is -0.381 e. The van der Waals surface area contributed by atoms with E-state index >= 15 is 0 Å². The summed E-state index contributed by atoms with van der Waals surface area (Å²) in [6, 6.07) is 20.7. The van der Waals surface area contributed by atoms with Crippen molar-refractivity contribution in [1.82, 2.24) is 0 Å². The topological polar surface area (TPSA) is 61.4 Å². The molecule has 170 valence electrons. The lowest BCUT2D eigenvalue weighted by Crippen LogP contribution is -2.37. The van der Waals surface area contributed by atoms with Gasteiger partial charge >= 0.3 is 0 Å². The molecule has 0 aliphatic carbocycles. The van der Waals surface area contributed by atoms with Crippen LogP contribution in [-0.2, 0) is 29.0 Å². The fraction of sp³-hybridized carbons (Fsp3) is 0.259. The fourth-order valence-corrected chi connectivity index (χ4v) is 4.27. The maximum atomic E-state index is 14.3. The molecule has 6 heteroatoms. The standard InChI is InChI=1S/C27H28FN3O2/c28-25-17-23(14-13-20(25)8-6-16-32)29-18-21-7-4-12-26-24(21)11-5-15-31(26)19-27(33)30-22-9-2-1-3-10-22/h1-4,7,9-10,12-14,16-17,29H,5-6,8,11,15,18-19H2,(H,30,33). The summed E-state index contributed by atoms with van der Waals surface area (Å²) >= 11 is 0. The third-order valence-corrected chi connectivity index (χ3v) is 5.90. The van der Waals surface area contributed by atoms with Gasteiger partial charge in [0.1, 0.15) is 12.1 Å². The molecule has 2 N–H and O–H groups in total. The van der Waals surface area contributed by atoms with Crippen molar-refractivity contribution in [1.29, 1.82) is 0 Å². The highest BCUT2D eigenvalue weighted by molar-refractivity contribution is 5.94. The quantitative estimate of drug-likeness (QED) is 0.457. The van der Waals surface area contributed by atoms with Crippen LogP contribution in [0.15, 0.2) is 66.7 Å². The molecule has 33 heavy (non-hydrogen) atoms. The van der Waals surface area contributed by atoms with Gasteiger partial charge in [0, 0.05) is 36.6 Å². The molecule has 0 saturated carbocycles. The molecule has 4 rings (SSSR count). The zero-order chi connectivity index (χ0) is 23.0. The molecule has 1 aliphatic heterocycles. The van der Waals surface area contributed by atoms with Crippen molar-refractivity contribution in [3.63, 3.8) is 0 Å². The van der Waals surface area contributed by atoms with Crippen molar-refractivity contribution in [2.75, 3.05) is 28.6 Å². The van der Waals surface area contributed by atoms with Crippen molar-refractivity contribution in [3.8, 4) is 0 Å². The lowest BCUT2D eigenvalue weighted by molar-refractivity contribution is -0.115. The second kappa shape index (κ2) is 10.8. The Labute approximate surface area is 193 Å². The van der Waals surface area contributed by atoms with E-state index in [0.717, 1.165) is 42.6 Å². The number of halogens is 1. The van der Waals surface area contributed by atoms with Crippen LogP contribution in [0.2, 0.25) is 0 Å². The Morgan fingerprint density at radius 3 is 2.64 bits per heavy atom. The number of rotatable bonds is 9. The Balaban J connectivity index is 1.42. The minimum atomic E-state index is -0.299. The molecule has 0 atom stereocenters. The van der Waals surface area contributed by atoms with Crippen LogP contribution in [0.3, 0.4) is 0 Å². The van der Waals surface area contributed by atoms with Gasteiger partial charge in [-0.25, -0.2) is 4.39 Å². The number of fused-ring (bicyclic) bond motifs is 1. The van der Waals surface area contributed by atoms with Gasteiger partial charge in [0.15, 0.2) is 0 Å². The molecule has 0 saturated heterocycles. The van der Waals surface area contributed by atoms with E-state index in [1.54, 1.807) is 6.07 Å². The van der Waals surface area contributed by atoms with Crippen LogP contribution in [0.4, 0.5) is 21.5 Å². The van der Waals surface area contributed by atoms with E-state index in [4.69, 9.17) is 0 Å². The van der Waals surface area contributed by atoms with E-state index in [1.165, 1.54) is 11.6 Å². The Hall–Kier alpha value is -3.67. The third kappa shape index (κ3) is 5.77. The van der Waals surface area contributed by atoms with Crippen molar-refractivity contribution in [3.05, 3.63) is 89.2 Å². The lowest BCUT2D eigenvalue weighted by atomic mass is 9.96. The average Bonchev–Trinajstić information content (AvgIpc) is 2.83. The predicted octanol–water partition coefficient (Wildman–Crippen LogP) is 4.96. The number of nitrogens with zero attached hydrogens (tertiary/aromatic N) is 1. The molecule has 0 radical (unpaired) electrons. The van der Waals surface area contributed by atoms with Gasteiger partial charge in [0.05, 0.1) is 6.54 Å². The van der Waals surface area contributed by atoms with E-state index in [-0.39, 0.29) is 11.7 Å². The van der Waals surface area contributed by atoms with E-state index in [2.05, 4.69) is 27.7 Å². The fourth-order valence-electron chi connectivity index (χ4n) is 4.27.